The smallest absolute Gasteiger partial charge is 0.225 e. The van der Waals surface area contributed by atoms with Gasteiger partial charge in [0.2, 0.25) is 5.91 Å². The molecule has 1 amide bonds. The molecule has 0 spiro atoms. The Labute approximate surface area is 110 Å². The van der Waals surface area contributed by atoms with Crippen molar-refractivity contribution in [2.45, 2.75) is 53.1 Å². The summed E-state index contributed by atoms with van der Waals surface area (Å²) in [6.07, 6.45) is 5.58. The lowest BCUT2D eigenvalue weighted by molar-refractivity contribution is -0.137. The van der Waals surface area contributed by atoms with Crippen molar-refractivity contribution in [3.63, 3.8) is 0 Å². The van der Waals surface area contributed by atoms with Crippen molar-refractivity contribution < 1.29 is 4.79 Å². The Balaban J connectivity index is 2.74. The van der Waals surface area contributed by atoms with E-state index in [-0.39, 0.29) is 17.9 Å². The molecule has 0 aliphatic carbocycles. The Morgan fingerprint density at radius 2 is 2.11 bits per heavy atom. The van der Waals surface area contributed by atoms with E-state index in [1.165, 1.54) is 0 Å². The second kappa shape index (κ2) is 7.14. The molecule has 1 rings (SSSR count). The van der Waals surface area contributed by atoms with E-state index in [9.17, 15) is 4.79 Å². The number of aromatic nitrogens is 1. The first-order valence-electron chi connectivity index (χ1n) is 6.75. The van der Waals surface area contributed by atoms with E-state index in [1.807, 2.05) is 30.2 Å². The molecule has 1 aromatic rings. The number of carbonyl (C=O) groups is 1. The zero-order valence-corrected chi connectivity index (χ0v) is 11.9. The highest BCUT2D eigenvalue weighted by atomic mass is 16.2. The molecule has 1 aromatic heterocycles. The number of hydrogen-bond donors (Lipinski definition) is 0. The summed E-state index contributed by atoms with van der Waals surface area (Å²) in [5, 5.41) is 0. The van der Waals surface area contributed by atoms with Gasteiger partial charge < -0.3 is 4.90 Å². The molecular formula is C15H24N2O. The molecule has 18 heavy (non-hydrogen) atoms. The molecule has 3 heteroatoms. The number of hydrogen-bond acceptors (Lipinski definition) is 2. The minimum Gasteiger partial charge on any atom is -0.336 e. The maximum absolute atomic E-state index is 12.4. The summed E-state index contributed by atoms with van der Waals surface area (Å²) in [6, 6.07) is 4.14. The lowest BCUT2D eigenvalue weighted by atomic mass is 10.0. The predicted molar refractivity (Wildman–Crippen MR) is 74.0 cm³/mol. The molecule has 0 N–H and O–H groups in total. The summed E-state index contributed by atoms with van der Waals surface area (Å²) in [5.74, 6) is 0.352. The van der Waals surface area contributed by atoms with Crippen LogP contribution in [0, 0.1) is 5.92 Å². The van der Waals surface area contributed by atoms with E-state index in [0.29, 0.717) is 6.54 Å². The molecular weight excluding hydrogens is 224 g/mol. The Bertz CT molecular complexity index is 362. The van der Waals surface area contributed by atoms with E-state index in [0.717, 1.165) is 18.4 Å². The van der Waals surface area contributed by atoms with E-state index in [4.69, 9.17) is 0 Å². The van der Waals surface area contributed by atoms with Crippen molar-refractivity contribution >= 4 is 5.91 Å². The number of carbonyl (C=O) groups excluding carboxylic acids is 1. The summed E-state index contributed by atoms with van der Waals surface area (Å²) < 4.78 is 0. The second-order valence-electron chi connectivity index (χ2n) is 5.11. The predicted octanol–water partition coefficient (Wildman–Crippen LogP) is 3.25. The molecule has 0 saturated heterocycles. The van der Waals surface area contributed by atoms with Gasteiger partial charge in [0, 0.05) is 30.9 Å². The van der Waals surface area contributed by atoms with Crippen molar-refractivity contribution in [1.29, 1.82) is 0 Å². The van der Waals surface area contributed by atoms with Gasteiger partial charge in [-0.15, -0.1) is 0 Å². The lowest BCUT2D eigenvalue weighted by Gasteiger charge is -2.29. The van der Waals surface area contributed by atoms with Gasteiger partial charge in [0.05, 0.1) is 0 Å². The van der Waals surface area contributed by atoms with Gasteiger partial charge in [-0.25, -0.2) is 0 Å². The van der Waals surface area contributed by atoms with Gasteiger partial charge in [0.15, 0.2) is 0 Å². The van der Waals surface area contributed by atoms with Crippen LogP contribution in [0.15, 0.2) is 24.5 Å². The summed E-state index contributed by atoms with van der Waals surface area (Å²) in [6.45, 7) is 8.91. The lowest BCUT2D eigenvalue weighted by Crippen LogP contribution is -2.39. The van der Waals surface area contributed by atoms with Crippen LogP contribution in [0.4, 0.5) is 0 Å². The van der Waals surface area contributed by atoms with Crippen LogP contribution in [0.3, 0.4) is 0 Å². The summed E-state index contributed by atoms with van der Waals surface area (Å²) in [4.78, 5) is 18.4. The van der Waals surface area contributed by atoms with Gasteiger partial charge in [-0.05, 0) is 31.9 Å². The first kappa shape index (κ1) is 14.7. The van der Waals surface area contributed by atoms with Crippen LogP contribution in [-0.4, -0.2) is 21.8 Å². The van der Waals surface area contributed by atoms with E-state index in [1.54, 1.807) is 6.20 Å². The fraction of sp³-hybridized carbons (Fsp3) is 0.600. The first-order chi connectivity index (χ1) is 8.56. The molecule has 0 aromatic carbocycles. The molecule has 0 aliphatic heterocycles. The van der Waals surface area contributed by atoms with Crippen molar-refractivity contribution in [1.82, 2.24) is 9.88 Å². The van der Waals surface area contributed by atoms with E-state index < -0.39 is 0 Å². The molecule has 0 bridgehead atoms. The quantitative estimate of drug-likeness (QED) is 0.774. The minimum absolute atomic E-state index is 0.106. The van der Waals surface area contributed by atoms with Crippen molar-refractivity contribution in [3.05, 3.63) is 30.1 Å². The third kappa shape index (κ3) is 4.13. The second-order valence-corrected chi connectivity index (χ2v) is 5.11. The standard InChI is InChI=1S/C15H24N2O/c1-5-7-13(4)15(18)17(12(2)3)11-14-8-6-9-16-10-14/h6,8-10,12-13H,5,7,11H2,1-4H3. The van der Waals surface area contributed by atoms with Crippen LogP contribution in [0.5, 0.6) is 0 Å². The number of rotatable bonds is 6. The van der Waals surface area contributed by atoms with Gasteiger partial charge in [0.1, 0.15) is 0 Å². The van der Waals surface area contributed by atoms with E-state index in [2.05, 4.69) is 25.8 Å². The molecule has 0 aliphatic rings. The van der Waals surface area contributed by atoms with Gasteiger partial charge >= 0.3 is 0 Å². The van der Waals surface area contributed by atoms with Crippen LogP contribution >= 0.6 is 0 Å². The number of nitrogens with zero attached hydrogens (tertiary/aromatic N) is 2. The van der Waals surface area contributed by atoms with Crippen LogP contribution in [-0.2, 0) is 11.3 Å². The molecule has 3 nitrogen and oxygen atoms in total. The maximum atomic E-state index is 12.4. The average molecular weight is 248 g/mol. The molecule has 1 atom stereocenters. The summed E-state index contributed by atoms with van der Waals surface area (Å²) >= 11 is 0. The Kier molecular flexibility index (Phi) is 5.83. The van der Waals surface area contributed by atoms with Crippen molar-refractivity contribution in [2.75, 3.05) is 0 Å². The summed E-state index contributed by atoms with van der Waals surface area (Å²) in [5.41, 5.74) is 1.09. The monoisotopic (exact) mass is 248 g/mol. The fourth-order valence-electron chi connectivity index (χ4n) is 2.04. The fourth-order valence-corrected chi connectivity index (χ4v) is 2.04. The Morgan fingerprint density at radius 3 is 2.61 bits per heavy atom. The molecule has 0 fully saturated rings. The third-order valence-corrected chi connectivity index (χ3v) is 3.13. The largest absolute Gasteiger partial charge is 0.336 e. The van der Waals surface area contributed by atoms with Crippen LogP contribution < -0.4 is 0 Å². The SMILES string of the molecule is CCCC(C)C(=O)N(Cc1cccnc1)C(C)C. The molecule has 0 saturated carbocycles. The highest BCUT2D eigenvalue weighted by Crippen LogP contribution is 2.15. The van der Waals surface area contributed by atoms with Gasteiger partial charge in [0.25, 0.3) is 0 Å². The maximum Gasteiger partial charge on any atom is 0.225 e. The normalized spacial score (nSPS) is 12.5. The van der Waals surface area contributed by atoms with Crippen LogP contribution in [0.1, 0.15) is 46.1 Å². The zero-order chi connectivity index (χ0) is 13.5. The van der Waals surface area contributed by atoms with Gasteiger partial charge in [-0.2, -0.15) is 0 Å². The van der Waals surface area contributed by atoms with E-state index >= 15 is 0 Å². The molecule has 100 valence electrons. The van der Waals surface area contributed by atoms with Gasteiger partial charge in [-0.1, -0.05) is 26.3 Å². The number of pyridine rings is 1. The van der Waals surface area contributed by atoms with Crippen LogP contribution in [0.25, 0.3) is 0 Å². The Morgan fingerprint density at radius 1 is 1.39 bits per heavy atom. The highest BCUT2D eigenvalue weighted by Gasteiger charge is 2.22. The van der Waals surface area contributed by atoms with Crippen molar-refractivity contribution in [2.24, 2.45) is 5.92 Å². The first-order valence-corrected chi connectivity index (χ1v) is 6.75. The molecule has 1 unspecified atom stereocenters. The highest BCUT2D eigenvalue weighted by molar-refractivity contribution is 5.78. The third-order valence-electron chi connectivity index (χ3n) is 3.13. The molecule has 1 heterocycles. The minimum atomic E-state index is 0.106. The van der Waals surface area contributed by atoms with Gasteiger partial charge in [-0.3, -0.25) is 9.78 Å². The average Bonchev–Trinajstić information content (AvgIpc) is 2.36. The Hall–Kier alpha value is -1.38. The van der Waals surface area contributed by atoms with Crippen LogP contribution in [0.2, 0.25) is 0 Å². The number of amides is 1. The summed E-state index contributed by atoms with van der Waals surface area (Å²) in [7, 11) is 0. The van der Waals surface area contributed by atoms with Crippen molar-refractivity contribution in [3.8, 4) is 0 Å². The zero-order valence-electron chi connectivity index (χ0n) is 11.9. The molecule has 0 radical (unpaired) electrons. The topological polar surface area (TPSA) is 33.2 Å².